The van der Waals surface area contributed by atoms with Crippen LogP contribution in [-0.4, -0.2) is 33.4 Å². The number of benzene rings is 1. The van der Waals surface area contributed by atoms with E-state index in [0.29, 0.717) is 12.1 Å². The molecule has 6 rings (SSSR count). The molecule has 5 nitrogen and oxygen atoms in total. The van der Waals surface area contributed by atoms with Gasteiger partial charge in [0.2, 0.25) is 0 Å². The number of rotatable bonds is 4. The highest BCUT2D eigenvalue weighted by Gasteiger charge is 2.56. The molecule has 2 N–H and O–H groups in total. The van der Waals surface area contributed by atoms with Crippen molar-refractivity contribution in [2.24, 2.45) is 11.7 Å². The molecule has 2 aromatic rings. The fraction of sp³-hybridized carbons (Fsp3) is 0.545. The first kappa shape index (κ1) is 17.1. The monoisotopic (exact) mass is 394 g/mol. The largest absolute Gasteiger partial charge is 0.485 e. The van der Waals surface area contributed by atoms with Gasteiger partial charge in [-0.25, -0.2) is 9.97 Å². The summed E-state index contributed by atoms with van der Waals surface area (Å²) in [6.45, 7) is 0. The summed E-state index contributed by atoms with van der Waals surface area (Å²) in [6, 6.07) is 9.09. The van der Waals surface area contributed by atoms with E-state index in [1.165, 1.54) is 31.4 Å². The van der Waals surface area contributed by atoms with Crippen LogP contribution in [0.2, 0.25) is 0 Å². The maximum atomic E-state index is 6.70. The molecule has 3 fully saturated rings. The van der Waals surface area contributed by atoms with Gasteiger partial charge in [0.05, 0.1) is 18.4 Å². The van der Waals surface area contributed by atoms with Crippen molar-refractivity contribution < 1.29 is 4.74 Å². The van der Waals surface area contributed by atoms with Crippen molar-refractivity contribution in [3.8, 4) is 5.75 Å². The second-order valence-corrected chi connectivity index (χ2v) is 9.89. The number of anilines is 1. The Kier molecular flexibility index (Phi) is 3.88. The number of para-hydroxylation sites is 1. The van der Waals surface area contributed by atoms with Crippen LogP contribution in [0.3, 0.4) is 0 Å². The minimum Gasteiger partial charge on any atom is -0.485 e. The lowest BCUT2D eigenvalue weighted by molar-refractivity contribution is 0.0272. The van der Waals surface area contributed by atoms with Crippen molar-refractivity contribution in [2.45, 2.75) is 67.3 Å². The van der Waals surface area contributed by atoms with Gasteiger partial charge in [-0.1, -0.05) is 18.2 Å². The second kappa shape index (κ2) is 6.36. The molecule has 1 unspecified atom stereocenters. The molecule has 4 atom stereocenters. The zero-order valence-electron chi connectivity index (χ0n) is 16.0. The van der Waals surface area contributed by atoms with Crippen molar-refractivity contribution in [1.29, 1.82) is 0 Å². The predicted octanol–water partition coefficient (Wildman–Crippen LogP) is 3.94. The SMILES string of the molecule is N[C@@H]1c2ccccc2O[C@]12CC1CC[C@H](C2)N1c1cnc(SCC2CC2)cn1. The van der Waals surface area contributed by atoms with Gasteiger partial charge in [0.15, 0.2) is 0 Å². The number of hydrogen-bond acceptors (Lipinski definition) is 6. The Balaban J connectivity index is 1.21. The van der Waals surface area contributed by atoms with Crippen molar-refractivity contribution >= 4 is 17.6 Å². The van der Waals surface area contributed by atoms with Crippen LogP contribution in [0, 0.1) is 5.92 Å². The zero-order valence-corrected chi connectivity index (χ0v) is 16.8. The Morgan fingerprint density at radius 3 is 2.54 bits per heavy atom. The lowest BCUT2D eigenvalue weighted by Gasteiger charge is -2.46. The van der Waals surface area contributed by atoms with E-state index >= 15 is 0 Å². The van der Waals surface area contributed by atoms with Crippen LogP contribution in [0.15, 0.2) is 41.7 Å². The van der Waals surface area contributed by atoms with Gasteiger partial charge >= 0.3 is 0 Å². The van der Waals surface area contributed by atoms with Crippen LogP contribution in [0.25, 0.3) is 0 Å². The fourth-order valence-corrected chi connectivity index (χ4v) is 6.35. The van der Waals surface area contributed by atoms with Crippen LogP contribution in [-0.2, 0) is 0 Å². The number of nitrogens with zero attached hydrogens (tertiary/aromatic N) is 3. The highest BCUT2D eigenvalue weighted by molar-refractivity contribution is 7.99. The first-order valence-electron chi connectivity index (χ1n) is 10.5. The van der Waals surface area contributed by atoms with E-state index in [9.17, 15) is 0 Å². The summed E-state index contributed by atoms with van der Waals surface area (Å²) in [5, 5.41) is 1.05. The topological polar surface area (TPSA) is 64.3 Å². The average Bonchev–Trinajstić information content (AvgIpc) is 3.46. The highest BCUT2D eigenvalue weighted by atomic mass is 32.2. The Hall–Kier alpha value is -1.79. The summed E-state index contributed by atoms with van der Waals surface area (Å²) in [4.78, 5) is 12.0. The number of hydrogen-bond donors (Lipinski definition) is 1. The summed E-state index contributed by atoms with van der Waals surface area (Å²) in [7, 11) is 0. The highest BCUT2D eigenvalue weighted by Crippen LogP contribution is 2.53. The fourth-order valence-electron chi connectivity index (χ4n) is 5.36. The Morgan fingerprint density at radius 2 is 1.86 bits per heavy atom. The quantitative estimate of drug-likeness (QED) is 0.793. The number of fused-ring (bicyclic) bond motifs is 3. The standard InChI is InChI=1S/C22H26N4OS/c23-21-17-3-1-2-4-18(17)27-22(21)9-15-7-8-16(10-22)26(15)19-11-25-20(12-24-19)28-13-14-5-6-14/h1-4,11-12,14-16,21H,5-10,13,23H2/t15-,16?,21-,22-/m1/s1. The van der Waals surface area contributed by atoms with E-state index in [1.807, 2.05) is 30.2 Å². The second-order valence-electron chi connectivity index (χ2n) is 8.85. The first-order chi connectivity index (χ1) is 13.7. The minimum absolute atomic E-state index is 0.0405. The van der Waals surface area contributed by atoms with E-state index in [1.54, 1.807) is 0 Å². The summed E-state index contributed by atoms with van der Waals surface area (Å²) in [5.41, 5.74) is 7.60. The van der Waals surface area contributed by atoms with Crippen LogP contribution < -0.4 is 15.4 Å². The van der Waals surface area contributed by atoms with Crippen LogP contribution in [0.4, 0.5) is 5.82 Å². The summed E-state index contributed by atoms with van der Waals surface area (Å²) in [6.07, 6.45) is 11.0. The van der Waals surface area contributed by atoms with E-state index in [2.05, 4.69) is 28.1 Å². The smallest absolute Gasteiger partial charge is 0.147 e. The van der Waals surface area contributed by atoms with Gasteiger partial charge in [-0.15, -0.1) is 11.8 Å². The van der Waals surface area contributed by atoms with Gasteiger partial charge in [-0.3, -0.25) is 0 Å². The first-order valence-corrected chi connectivity index (χ1v) is 11.5. The number of aromatic nitrogens is 2. The van der Waals surface area contributed by atoms with E-state index < -0.39 is 0 Å². The molecule has 1 aromatic carbocycles. The van der Waals surface area contributed by atoms with Gasteiger partial charge < -0.3 is 15.4 Å². The molecule has 2 bridgehead atoms. The van der Waals surface area contributed by atoms with E-state index in [0.717, 1.165) is 40.9 Å². The molecule has 2 saturated heterocycles. The van der Waals surface area contributed by atoms with Crippen molar-refractivity contribution in [2.75, 3.05) is 10.7 Å². The molecule has 1 aromatic heterocycles. The number of nitrogens with two attached hydrogens (primary N) is 1. The Bertz CT molecular complexity index is 870. The van der Waals surface area contributed by atoms with Gasteiger partial charge in [0.1, 0.15) is 22.2 Å². The Labute approximate surface area is 170 Å². The zero-order chi connectivity index (χ0) is 18.7. The van der Waals surface area contributed by atoms with Crippen LogP contribution in [0.5, 0.6) is 5.75 Å². The van der Waals surface area contributed by atoms with Crippen molar-refractivity contribution in [3.63, 3.8) is 0 Å². The molecule has 146 valence electrons. The molecule has 1 aliphatic carbocycles. The molecule has 0 radical (unpaired) electrons. The molecule has 28 heavy (non-hydrogen) atoms. The molecule has 6 heteroatoms. The van der Waals surface area contributed by atoms with Gasteiger partial charge in [-0.05, 0) is 37.7 Å². The maximum Gasteiger partial charge on any atom is 0.147 e. The molecular formula is C22H26N4OS. The van der Waals surface area contributed by atoms with Gasteiger partial charge in [0.25, 0.3) is 0 Å². The van der Waals surface area contributed by atoms with E-state index in [-0.39, 0.29) is 11.6 Å². The lowest BCUT2D eigenvalue weighted by Crippen LogP contribution is -2.56. The summed E-state index contributed by atoms with van der Waals surface area (Å²) >= 11 is 1.84. The third kappa shape index (κ3) is 2.72. The average molecular weight is 395 g/mol. The molecule has 3 aliphatic heterocycles. The van der Waals surface area contributed by atoms with Crippen LogP contribution in [0.1, 0.15) is 50.1 Å². The molecule has 1 saturated carbocycles. The van der Waals surface area contributed by atoms with Crippen molar-refractivity contribution in [3.05, 3.63) is 42.2 Å². The number of thioether (sulfide) groups is 1. The third-order valence-electron chi connectivity index (χ3n) is 6.96. The minimum atomic E-state index is -0.264. The number of piperidine rings is 1. The predicted molar refractivity (Wildman–Crippen MR) is 111 cm³/mol. The van der Waals surface area contributed by atoms with Gasteiger partial charge in [-0.2, -0.15) is 0 Å². The number of ether oxygens (including phenoxy) is 1. The molecular weight excluding hydrogens is 368 g/mol. The lowest BCUT2D eigenvalue weighted by atomic mass is 9.79. The van der Waals surface area contributed by atoms with Crippen LogP contribution >= 0.6 is 11.8 Å². The Morgan fingerprint density at radius 1 is 1.07 bits per heavy atom. The van der Waals surface area contributed by atoms with Crippen molar-refractivity contribution in [1.82, 2.24) is 9.97 Å². The molecule has 4 heterocycles. The maximum absolute atomic E-state index is 6.70. The summed E-state index contributed by atoms with van der Waals surface area (Å²) in [5.74, 6) is 4.07. The molecule has 0 amide bonds. The van der Waals surface area contributed by atoms with Gasteiger partial charge in [0, 0.05) is 36.2 Å². The molecule has 1 spiro atoms. The van der Waals surface area contributed by atoms with E-state index in [4.69, 9.17) is 15.5 Å². The molecule has 4 aliphatic rings. The summed E-state index contributed by atoms with van der Waals surface area (Å²) < 4.78 is 6.50. The normalized spacial score (nSPS) is 33.2. The third-order valence-corrected chi connectivity index (χ3v) is 8.10.